The van der Waals surface area contributed by atoms with E-state index in [4.69, 9.17) is 0 Å². The van der Waals surface area contributed by atoms with Crippen molar-refractivity contribution in [2.75, 3.05) is 0 Å². The molecule has 1 amide bonds. The number of aromatic nitrogens is 2. The summed E-state index contributed by atoms with van der Waals surface area (Å²) in [7, 11) is 0. The number of nitrogens with one attached hydrogen (secondary N) is 1. The Balaban J connectivity index is 1.91. The molecule has 3 rings (SSSR count). The van der Waals surface area contributed by atoms with Crippen LogP contribution in [0, 0.1) is 0 Å². The molecule has 0 unspecified atom stereocenters. The van der Waals surface area contributed by atoms with Crippen LogP contribution in [-0.4, -0.2) is 21.6 Å². The molecule has 0 atom stereocenters. The van der Waals surface area contributed by atoms with Crippen LogP contribution in [0.5, 0.6) is 0 Å². The van der Waals surface area contributed by atoms with Crippen LogP contribution in [0.1, 0.15) is 21.6 Å². The molecule has 23 heavy (non-hydrogen) atoms. The lowest BCUT2D eigenvalue weighted by atomic mass is 10.0. The van der Waals surface area contributed by atoms with E-state index in [-0.39, 0.29) is 5.69 Å². The van der Waals surface area contributed by atoms with Crippen LogP contribution < -0.4 is 5.43 Å². The summed E-state index contributed by atoms with van der Waals surface area (Å²) < 4.78 is 0. The Morgan fingerprint density at radius 1 is 0.870 bits per heavy atom. The first kappa shape index (κ1) is 14.6. The fourth-order valence-electron chi connectivity index (χ4n) is 2.07. The van der Waals surface area contributed by atoms with Crippen molar-refractivity contribution in [2.24, 2.45) is 5.10 Å². The first-order valence-electron chi connectivity index (χ1n) is 7.09. The highest BCUT2D eigenvalue weighted by Gasteiger charge is 2.09. The summed E-state index contributed by atoms with van der Waals surface area (Å²) in [5.74, 6) is -0.400. The Hall–Kier alpha value is -3.34. The van der Waals surface area contributed by atoms with Crippen LogP contribution in [0.4, 0.5) is 0 Å². The normalized spacial score (nSPS) is 9.91. The molecule has 0 saturated carbocycles. The minimum atomic E-state index is -0.400. The lowest BCUT2D eigenvalue weighted by Gasteiger charge is -2.07. The molecule has 3 aromatic rings. The Morgan fingerprint density at radius 2 is 1.48 bits per heavy atom. The average Bonchev–Trinajstić information content (AvgIpc) is 2.64. The van der Waals surface area contributed by atoms with Gasteiger partial charge in [0.25, 0.3) is 5.91 Å². The van der Waals surface area contributed by atoms with E-state index in [0.717, 1.165) is 11.1 Å². The van der Waals surface area contributed by atoms with Gasteiger partial charge in [-0.05, 0) is 0 Å². The van der Waals surface area contributed by atoms with Crippen molar-refractivity contribution in [2.45, 2.75) is 0 Å². The van der Waals surface area contributed by atoms with Gasteiger partial charge in [-0.1, -0.05) is 60.7 Å². The number of hydrazone groups is 1. The molecule has 5 nitrogen and oxygen atoms in total. The smallest absolute Gasteiger partial charge is 0.265 e. The number of rotatable bonds is 4. The van der Waals surface area contributed by atoms with Gasteiger partial charge < -0.3 is 0 Å². The predicted molar refractivity (Wildman–Crippen MR) is 88.0 cm³/mol. The molecule has 0 saturated heterocycles. The number of carbonyl (C=O) groups excluding carboxylic acids is 1. The molecule has 0 aliphatic heterocycles. The fourth-order valence-corrected chi connectivity index (χ4v) is 2.07. The number of hydrogen-bond donors (Lipinski definition) is 1. The maximum Gasteiger partial charge on any atom is 0.291 e. The standard InChI is InChI=1S/C18H14N4O/c23-18(16-13-19-11-12-20-16)22-21-17(14-7-3-1-4-8-14)15-9-5-2-6-10-15/h1-13H,(H,22,23). The number of amides is 1. The molecule has 1 N–H and O–H groups in total. The van der Waals surface area contributed by atoms with Gasteiger partial charge in [-0.2, -0.15) is 5.10 Å². The zero-order valence-electron chi connectivity index (χ0n) is 12.3. The minimum absolute atomic E-state index is 0.219. The molecule has 0 aliphatic carbocycles. The van der Waals surface area contributed by atoms with Crippen LogP contribution in [0.3, 0.4) is 0 Å². The van der Waals surface area contributed by atoms with Crippen LogP contribution >= 0.6 is 0 Å². The van der Waals surface area contributed by atoms with Crippen molar-refractivity contribution >= 4 is 11.6 Å². The molecule has 112 valence electrons. The van der Waals surface area contributed by atoms with Crippen LogP contribution in [0.2, 0.25) is 0 Å². The molecule has 5 heteroatoms. The SMILES string of the molecule is O=C(NN=C(c1ccccc1)c1ccccc1)c1cnccn1. The van der Waals surface area contributed by atoms with E-state index >= 15 is 0 Å². The molecule has 1 aromatic heterocycles. The van der Waals surface area contributed by atoms with Gasteiger partial charge >= 0.3 is 0 Å². The summed E-state index contributed by atoms with van der Waals surface area (Å²) in [4.78, 5) is 19.9. The van der Waals surface area contributed by atoms with Crippen molar-refractivity contribution in [3.63, 3.8) is 0 Å². The molecular formula is C18H14N4O. The van der Waals surface area contributed by atoms with Gasteiger partial charge in [-0.25, -0.2) is 10.4 Å². The third-order valence-corrected chi connectivity index (χ3v) is 3.16. The molecule has 1 heterocycles. The van der Waals surface area contributed by atoms with E-state index in [0.29, 0.717) is 5.71 Å². The lowest BCUT2D eigenvalue weighted by Crippen LogP contribution is -2.21. The maximum atomic E-state index is 12.1. The number of carbonyl (C=O) groups is 1. The molecule has 0 bridgehead atoms. The summed E-state index contributed by atoms with van der Waals surface area (Å²) in [5, 5.41) is 4.29. The van der Waals surface area contributed by atoms with Crippen molar-refractivity contribution < 1.29 is 4.79 Å². The van der Waals surface area contributed by atoms with E-state index in [1.807, 2.05) is 60.7 Å². The maximum absolute atomic E-state index is 12.1. The second kappa shape index (κ2) is 7.09. The first-order valence-corrected chi connectivity index (χ1v) is 7.09. The second-order valence-corrected chi connectivity index (χ2v) is 4.72. The molecule has 0 fully saturated rings. The van der Waals surface area contributed by atoms with Gasteiger partial charge in [0.15, 0.2) is 0 Å². The summed E-state index contributed by atoms with van der Waals surface area (Å²) in [6, 6.07) is 19.4. The topological polar surface area (TPSA) is 67.2 Å². The highest BCUT2D eigenvalue weighted by molar-refractivity contribution is 6.13. The number of nitrogens with zero attached hydrogens (tertiary/aromatic N) is 3. The zero-order valence-corrected chi connectivity index (χ0v) is 12.3. The van der Waals surface area contributed by atoms with Gasteiger partial charge in [0.2, 0.25) is 0 Å². The lowest BCUT2D eigenvalue weighted by molar-refractivity contribution is 0.0949. The Bertz CT molecular complexity index is 761. The van der Waals surface area contributed by atoms with E-state index in [2.05, 4.69) is 20.5 Å². The van der Waals surface area contributed by atoms with Gasteiger partial charge in [-0.3, -0.25) is 9.78 Å². The van der Waals surface area contributed by atoms with Gasteiger partial charge in [-0.15, -0.1) is 0 Å². The van der Waals surface area contributed by atoms with E-state index in [1.165, 1.54) is 18.6 Å². The van der Waals surface area contributed by atoms with Crippen LogP contribution in [-0.2, 0) is 0 Å². The minimum Gasteiger partial charge on any atom is -0.265 e. The first-order chi connectivity index (χ1) is 11.3. The highest BCUT2D eigenvalue weighted by atomic mass is 16.2. The molecule has 0 spiro atoms. The summed E-state index contributed by atoms with van der Waals surface area (Å²) in [5.41, 5.74) is 5.28. The monoisotopic (exact) mass is 302 g/mol. The Morgan fingerprint density at radius 3 is 2.00 bits per heavy atom. The largest absolute Gasteiger partial charge is 0.291 e. The summed E-state index contributed by atoms with van der Waals surface area (Å²) >= 11 is 0. The predicted octanol–water partition coefficient (Wildman–Crippen LogP) is 2.66. The van der Waals surface area contributed by atoms with Gasteiger partial charge in [0, 0.05) is 23.5 Å². The average molecular weight is 302 g/mol. The van der Waals surface area contributed by atoms with Crippen molar-refractivity contribution in [1.29, 1.82) is 0 Å². The van der Waals surface area contributed by atoms with Crippen molar-refractivity contribution in [1.82, 2.24) is 15.4 Å². The Labute approximate surface area is 133 Å². The number of benzene rings is 2. The quantitative estimate of drug-likeness (QED) is 0.595. The summed E-state index contributed by atoms with van der Waals surface area (Å²) in [6.07, 6.45) is 4.38. The van der Waals surface area contributed by atoms with Crippen LogP contribution in [0.15, 0.2) is 84.4 Å². The van der Waals surface area contributed by atoms with E-state index in [1.54, 1.807) is 0 Å². The fraction of sp³-hybridized carbons (Fsp3) is 0. The second-order valence-electron chi connectivity index (χ2n) is 4.72. The third kappa shape index (κ3) is 3.65. The zero-order chi connectivity index (χ0) is 15.9. The van der Waals surface area contributed by atoms with Crippen molar-refractivity contribution in [3.8, 4) is 0 Å². The molecule has 2 aromatic carbocycles. The number of hydrogen-bond acceptors (Lipinski definition) is 4. The highest BCUT2D eigenvalue weighted by Crippen LogP contribution is 2.10. The Kier molecular flexibility index (Phi) is 4.49. The van der Waals surface area contributed by atoms with E-state index < -0.39 is 5.91 Å². The van der Waals surface area contributed by atoms with Crippen LogP contribution in [0.25, 0.3) is 0 Å². The molecule has 0 aliphatic rings. The molecule has 0 radical (unpaired) electrons. The van der Waals surface area contributed by atoms with E-state index in [9.17, 15) is 4.79 Å². The van der Waals surface area contributed by atoms with Gasteiger partial charge in [0.1, 0.15) is 5.69 Å². The summed E-state index contributed by atoms with van der Waals surface area (Å²) in [6.45, 7) is 0. The van der Waals surface area contributed by atoms with Crippen molar-refractivity contribution in [3.05, 3.63) is 96.1 Å². The van der Waals surface area contributed by atoms with Gasteiger partial charge in [0.05, 0.1) is 11.9 Å². The third-order valence-electron chi connectivity index (χ3n) is 3.16. The molecular weight excluding hydrogens is 288 g/mol.